The number of likely N-dealkylation sites (N-methyl/N-ethyl adjacent to an activating group) is 1. The fraction of sp³-hybridized carbons (Fsp3) is 0.294. The van der Waals surface area contributed by atoms with Gasteiger partial charge in [-0.2, -0.15) is 0 Å². The molecule has 0 aromatic heterocycles. The van der Waals surface area contributed by atoms with Crippen LogP contribution in [-0.4, -0.2) is 14.2 Å². The van der Waals surface area contributed by atoms with Crippen molar-refractivity contribution in [1.29, 1.82) is 0 Å². The van der Waals surface area contributed by atoms with Gasteiger partial charge in [0.2, 0.25) is 0 Å². The van der Waals surface area contributed by atoms with Crippen LogP contribution in [0.2, 0.25) is 0 Å². The monoisotopic (exact) mass is 273 g/mol. The molecule has 0 radical (unpaired) electrons. The minimum absolute atomic E-state index is 0.0776. The summed E-state index contributed by atoms with van der Waals surface area (Å²) < 4.78 is 19.4. The first kappa shape index (κ1) is 14.5. The van der Waals surface area contributed by atoms with E-state index < -0.39 is 0 Å². The van der Waals surface area contributed by atoms with E-state index in [4.69, 9.17) is 4.74 Å². The van der Waals surface area contributed by atoms with E-state index in [-0.39, 0.29) is 17.6 Å². The molecule has 0 aliphatic heterocycles. The number of rotatable bonds is 5. The van der Waals surface area contributed by atoms with Gasteiger partial charge in [0.15, 0.2) is 11.6 Å². The normalized spacial score (nSPS) is 12.2. The zero-order valence-electron chi connectivity index (χ0n) is 12.1. The minimum atomic E-state index is -0.289. The number of benzene rings is 2. The average Bonchev–Trinajstić information content (AvgIpc) is 2.47. The standard InChI is InChI=1S/C17H20FNO/c1-12-7-4-5-8-13(12)11-15(19-2)14-9-6-10-16(20-3)17(14)18/h4-10,15,19H,11H2,1-3H3. The van der Waals surface area contributed by atoms with Crippen LogP contribution in [0.15, 0.2) is 42.5 Å². The van der Waals surface area contributed by atoms with Crippen molar-refractivity contribution in [2.75, 3.05) is 14.2 Å². The van der Waals surface area contributed by atoms with Crippen molar-refractivity contribution < 1.29 is 9.13 Å². The van der Waals surface area contributed by atoms with E-state index >= 15 is 0 Å². The first-order valence-corrected chi connectivity index (χ1v) is 6.71. The Morgan fingerprint density at radius 2 is 1.90 bits per heavy atom. The van der Waals surface area contributed by atoms with Crippen molar-refractivity contribution in [2.45, 2.75) is 19.4 Å². The second-order valence-electron chi connectivity index (χ2n) is 4.84. The van der Waals surface area contributed by atoms with E-state index in [0.29, 0.717) is 5.56 Å². The molecule has 1 atom stereocenters. The van der Waals surface area contributed by atoms with Gasteiger partial charge in [-0.05, 0) is 37.6 Å². The lowest BCUT2D eigenvalue weighted by Crippen LogP contribution is -2.20. The van der Waals surface area contributed by atoms with Crippen LogP contribution < -0.4 is 10.1 Å². The summed E-state index contributed by atoms with van der Waals surface area (Å²) in [5.74, 6) is -0.00420. The molecule has 0 bridgehead atoms. The van der Waals surface area contributed by atoms with Gasteiger partial charge in [0.05, 0.1) is 7.11 Å². The number of halogens is 1. The SMILES string of the molecule is CNC(Cc1ccccc1C)c1cccc(OC)c1F. The summed E-state index contributed by atoms with van der Waals surface area (Å²) in [6, 6.07) is 13.4. The maximum atomic E-state index is 14.3. The third-order valence-electron chi connectivity index (χ3n) is 3.62. The minimum Gasteiger partial charge on any atom is -0.494 e. The highest BCUT2D eigenvalue weighted by Crippen LogP contribution is 2.27. The molecule has 0 fully saturated rings. The zero-order chi connectivity index (χ0) is 14.5. The fourth-order valence-corrected chi connectivity index (χ4v) is 2.38. The molecular weight excluding hydrogens is 253 g/mol. The predicted molar refractivity (Wildman–Crippen MR) is 79.6 cm³/mol. The fourth-order valence-electron chi connectivity index (χ4n) is 2.38. The first-order chi connectivity index (χ1) is 9.67. The Bertz CT molecular complexity index is 583. The van der Waals surface area contributed by atoms with Gasteiger partial charge in [-0.15, -0.1) is 0 Å². The van der Waals surface area contributed by atoms with Gasteiger partial charge in [-0.25, -0.2) is 4.39 Å². The molecule has 1 unspecified atom stereocenters. The van der Waals surface area contributed by atoms with Crippen LogP contribution >= 0.6 is 0 Å². The summed E-state index contributed by atoms with van der Waals surface area (Å²) >= 11 is 0. The summed E-state index contributed by atoms with van der Waals surface area (Å²) in [6.07, 6.45) is 0.743. The topological polar surface area (TPSA) is 21.3 Å². The van der Waals surface area contributed by atoms with Crippen LogP contribution in [0.25, 0.3) is 0 Å². The van der Waals surface area contributed by atoms with Crippen molar-refractivity contribution in [3.63, 3.8) is 0 Å². The molecule has 106 valence electrons. The van der Waals surface area contributed by atoms with Crippen LogP contribution in [0.5, 0.6) is 5.75 Å². The lowest BCUT2D eigenvalue weighted by atomic mass is 9.95. The van der Waals surface area contributed by atoms with Gasteiger partial charge in [0.1, 0.15) is 0 Å². The highest BCUT2D eigenvalue weighted by Gasteiger charge is 2.18. The maximum absolute atomic E-state index is 14.3. The number of nitrogens with one attached hydrogen (secondary N) is 1. The van der Waals surface area contributed by atoms with E-state index in [2.05, 4.69) is 24.4 Å². The average molecular weight is 273 g/mol. The molecule has 2 aromatic carbocycles. The summed E-state index contributed by atoms with van der Waals surface area (Å²) in [7, 11) is 3.33. The zero-order valence-corrected chi connectivity index (χ0v) is 12.1. The van der Waals surface area contributed by atoms with Gasteiger partial charge in [-0.1, -0.05) is 36.4 Å². The van der Waals surface area contributed by atoms with Crippen molar-refractivity contribution >= 4 is 0 Å². The Morgan fingerprint density at radius 1 is 1.15 bits per heavy atom. The quantitative estimate of drug-likeness (QED) is 0.898. The first-order valence-electron chi connectivity index (χ1n) is 6.71. The van der Waals surface area contributed by atoms with Gasteiger partial charge in [0.25, 0.3) is 0 Å². The van der Waals surface area contributed by atoms with Crippen LogP contribution in [0.3, 0.4) is 0 Å². The molecule has 0 spiro atoms. The molecule has 0 saturated heterocycles. The summed E-state index contributed by atoms with van der Waals surface area (Å²) in [6.45, 7) is 2.07. The lowest BCUT2D eigenvalue weighted by molar-refractivity contribution is 0.380. The van der Waals surface area contributed by atoms with E-state index in [1.165, 1.54) is 18.2 Å². The Morgan fingerprint density at radius 3 is 2.55 bits per heavy atom. The lowest BCUT2D eigenvalue weighted by Gasteiger charge is -2.19. The molecule has 2 nitrogen and oxygen atoms in total. The second kappa shape index (κ2) is 6.53. The molecule has 0 aliphatic carbocycles. The molecule has 3 heteroatoms. The van der Waals surface area contributed by atoms with Gasteiger partial charge in [-0.3, -0.25) is 0 Å². The third kappa shape index (κ3) is 2.99. The molecule has 2 aromatic rings. The number of methoxy groups -OCH3 is 1. The number of aryl methyl sites for hydroxylation is 1. The molecule has 0 heterocycles. The van der Waals surface area contributed by atoms with E-state index in [0.717, 1.165) is 6.42 Å². The summed E-state index contributed by atoms with van der Waals surface area (Å²) in [5, 5.41) is 3.19. The van der Waals surface area contributed by atoms with Crippen molar-refractivity contribution in [3.05, 3.63) is 65.0 Å². The van der Waals surface area contributed by atoms with Crippen molar-refractivity contribution in [1.82, 2.24) is 5.32 Å². The smallest absolute Gasteiger partial charge is 0.169 e. The predicted octanol–water partition coefficient (Wildman–Crippen LogP) is 3.65. The highest BCUT2D eigenvalue weighted by molar-refractivity contribution is 5.35. The van der Waals surface area contributed by atoms with Gasteiger partial charge < -0.3 is 10.1 Å². The van der Waals surface area contributed by atoms with Crippen LogP contribution in [0.1, 0.15) is 22.7 Å². The highest BCUT2D eigenvalue weighted by atomic mass is 19.1. The molecule has 0 amide bonds. The third-order valence-corrected chi connectivity index (χ3v) is 3.62. The van der Waals surface area contributed by atoms with Gasteiger partial charge >= 0.3 is 0 Å². The largest absolute Gasteiger partial charge is 0.494 e. The van der Waals surface area contributed by atoms with E-state index in [1.54, 1.807) is 12.1 Å². The Kier molecular flexibility index (Phi) is 4.74. The summed E-state index contributed by atoms with van der Waals surface area (Å²) in [5.41, 5.74) is 3.07. The number of ether oxygens (including phenoxy) is 1. The van der Waals surface area contributed by atoms with E-state index in [1.807, 2.05) is 25.2 Å². The van der Waals surface area contributed by atoms with Crippen LogP contribution in [0, 0.1) is 12.7 Å². The summed E-state index contributed by atoms with van der Waals surface area (Å²) in [4.78, 5) is 0. The van der Waals surface area contributed by atoms with Crippen molar-refractivity contribution in [2.24, 2.45) is 0 Å². The molecule has 0 aliphatic rings. The Hall–Kier alpha value is -1.87. The Balaban J connectivity index is 2.32. The maximum Gasteiger partial charge on any atom is 0.169 e. The molecule has 20 heavy (non-hydrogen) atoms. The van der Waals surface area contributed by atoms with Gasteiger partial charge in [0, 0.05) is 11.6 Å². The number of hydrogen-bond acceptors (Lipinski definition) is 2. The van der Waals surface area contributed by atoms with Crippen LogP contribution in [0.4, 0.5) is 4.39 Å². The Labute approximate surface area is 119 Å². The second-order valence-corrected chi connectivity index (χ2v) is 4.84. The van der Waals surface area contributed by atoms with E-state index in [9.17, 15) is 4.39 Å². The molecular formula is C17H20FNO. The number of hydrogen-bond donors (Lipinski definition) is 1. The molecule has 1 N–H and O–H groups in total. The van der Waals surface area contributed by atoms with Crippen LogP contribution in [-0.2, 0) is 6.42 Å². The molecule has 2 rings (SSSR count). The molecule has 0 saturated carbocycles. The van der Waals surface area contributed by atoms with Crippen molar-refractivity contribution in [3.8, 4) is 5.75 Å².